The van der Waals surface area contributed by atoms with Crippen LogP contribution in [0.25, 0.3) is 11.2 Å². The average Bonchev–Trinajstić information content (AvgIpc) is 2.87. The second-order valence-electron chi connectivity index (χ2n) is 3.63. The molecule has 0 radical (unpaired) electrons. The number of hydrogen-bond donors (Lipinski definition) is 2. The van der Waals surface area contributed by atoms with Gasteiger partial charge in [0.1, 0.15) is 11.8 Å². The summed E-state index contributed by atoms with van der Waals surface area (Å²) in [7, 11) is 0. The first-order valence-corrected chi connectivity index (χ1v) is 5.09. The van der Waals surface area contributed by atoms with Crippen molar-refractivity contribution in [3.05, 3.63) is 12.7 Å². The van der Waals surface area contributed by atoms with Gasteiger partial charge in [0.15, 0.2) is 11.5 Å². The van der Waals surface area contributed by atoms with Crippen molar-refractivity contribution in [1.82, 2.24) is 24.9 Å². The average molecular weight is 204 g/mol. The van der Waals surface area contributed by atoms with Crippen molar-refractivity contribution in [2.45, 2.75) is 12.8 Å². The van der Waals surface area contributed by atoms with Gasteiger partial charge in [0, 0.05) is 13.1 Å². The summed E-state index contributed by atoms with van der Waals surface area (Å²) in [6.07, 6.45) is 5.64. The summed E-state index contributed by atoms with van der Waals surface area (Å²) in [5, 5.41) is 2.17. The van der Waals surface area contributed by atoms with Gasteiger partial charge < -0.3 is 10.4 Å². The van der Waals surface area contributed by atoms with Crippen molar-refractivity contribution in [2.24, 2.45) is 0 Å². The molecule has 15 heavy (non-hydrogen) atoms. The molecule has 6 heteroatoms. The van der Waals surface area contributed by atoms with Gasteiger partial charge >= 0.3 is 0 Å². The maximum atomic E-state index is 4.21. The third-order valence-corrected chi connectivity index (χ3v) is 2.59. The van der Waals surface area contributed by atoms with Crippen LogP contribution in [0.15, 0.2) is 12.7 Å². The highest BCUT2D eigenvalue weighted by Crippen LogP contribution is 2.17. The molecule has 78 valence electrons. The number of rotatable bonds is 2. The Morgan fingerprint density at radius 2 is 2.07 bits per heavy atom. The summed E-state index contributed by atoms with van der Waals surface area (Å²) in [6.45, 7) is 2.14. The molecular formula is C9H12N6. The number of fused-ring (bicyclic) bond motifs is 1. The Morgan fingerprint density at radius 1 is 1.20 bits per heavy atom. The van der Waals surface area contributed by atoms with Crippen molar-refractivity contribution in [3.8, 4) is 0 Å². The molecule has 0 aliphatic carbocycles. The molecule has 3 rings (SSSR count). The van der Waals surface area contributed by atoms with E-state index in [-0.39, 0.29) is 0 Å². The van der Waals surface area contributed by atoms with Crippen LogP contribution in [0, 0.1) is 0 Å². The van der Waals surface area contributed by atoms with Crippen LogP contribution in [-0.2, 0) is 0 Å². The molecule has 0 atom stereocenters. The maximum Gasteiger partial charge on any atom is 0.182 e. The largest absolute Gasteiger partial charge is 0.340 e. The standard InChI is InChI=1S/C9H12N6/c1-2-4-15(3-1)14-9-7-8(11-5-10-7)12-6-13-9/h5-6H,1-4H2,(H2,10,11,12,13,14). The van der Waals surface area contributed by atoms with Crippen LogP contribution in [0.3, 0.4) is 0 Å². The van der Waals surface area contributed by atoms with E-state index in [2.05, 4.69) is 30.4 Å². The third kappa shape index (κ3) is 1.52. The molecule has 3 heterocycles. The first kappa shape index (κ1) is 8.60. The molecule has 0 aromatic carbocycles. The van der Waals surface area contributed by atoms with Crippen LogP contribution in [0.2, 0.25) is 0 Å². The van der Waals surface area contributed by atoms with Gasteiger partial charge in [0.05, 0.1) is 6.33 Å². The van der Waals surface area contributed by atoms with Gasteiger partial charge in [0.2, 0.25) is 0 Å². The van der Waals surface area contributed by atoms with Crippen LogP contribution in [0.5, 0.6) is 0 Å². The minimum Gasteiger partial charge on any atom is -0.340 e. The van der Waals surface area contributed by atoms with Crippen LogP contribution in [0.4, 0.5) is 5.82 Å². The Labute approximate surface area is 86.7 Å². The Bertz CT molecular complexity index is 458. The van der Waals surface area contributed by atoms with E-state index in [1.165, 1.54) is 19.2 Å². The van der Waals surface area contributed by atoms with Crippen molar-refractivity contribution in [2.75, 3.05) is 18.5 Å². The molecule has 1 aliphatic heterocycles. The molecule has 1 saturated heterocycles. The zero-order chi connectivity index (χ0) is 10.1. The highest BCUT2D eigenvalue weighted by Gasteiger charge is 2.13. The van der Waals surface area contributed by atoms with Gasteiger partial charge in [-0.3, -0.25) is 0 Å². The second kappa shape index (κ2) is 3.47. The summed E-state index contributed by atoms with van der Waals surface area (Å²) >= 11 is 0. The van der Waals surface area contributed by atoms with Crippen molar-refractivity contribution in [1.29, 1.82) is 0 Å². The van der Waals surface area contributed by atoms with E-state index in [0.717, 1.165) is 24.4 Å². The Balaban J connectivity index is 1.92. The molecule has 0 spiro atoms. The normalized spacial score (nSPS) is 17.3. The first-order valence-electron chi connectivity index (χ1n) is 5.09. The Morgan fingerprint density at radius 3 is 2.93 bits per heavy atom. The van der Waals surface area contributed by atoms with Crippen LogP contribution in [0.1, 0.15) is 12.8 Å². The van der Waals surface area contributed by atoms with Crippen LogP contribution in [-0.4, -0.2) is 38.0 Å². The SMILES string of the molecule is c1nc(NN2CCCC2)c2[nH]cnc2n1. The summed E-state index contributed by atoms with van der Waals surface area (Å²) in [5.74, 6) is 0.805. The molecule has 6 nitrogen and oxygen atoms in total. The summed E-state index contributed by atoms with van der Waals surface area (Å²) in [5.41, 5.74) is 4.85. The molecule has 1 fully saturated rings. The third-order valence-electron chi connectivity index (χ3n) is 2.59. The van der Waals surface area contributed by atoms with E-state index in [1.807, 2.05) is 0 Å². The van der Waals surface area contributed by atoms with Crippen molar-refractivity contribution in [3.63, 3.8) is 0 Å². The van der Waals surface area contributed by atoms with E-state index in [1.54, 1.807) is 6.33 Å². The van der Waals surface area contributed by atoms with E-state index in [9.17, 15) is 0 Å². The molecule has 0 unspecified atom stereocenters. The molecular weight excluding hydrogens is 192 g/mol. The van der Waals surface area contributed by atoms with E-state index < -0.39 is 0 Å². The van der Waals surface area contributed by atoms with Gasteiger partial charge in [-0.2, -0.15) is 0 Å². The molecule has 0 bridgehead atoms. The fraction of sp³-hybridized carbons (Fsp3) is 0.444. The van der Waals surface area contributed by atoms with E-state index >= 15 is 0 Å². The minimum absolute atomic E-state index is 0.701. The van der Waals surface area contributed by atoms with Gasteiger partial charge in [-0.05, 0) is 12.8 Å². The number of hydrogen-bond acceptors (Lipinski definition) is 5. The second-order valence-corrected chi connectivity index (χ2v) is 3.63. The van der Waals surface area contributed by atoms with Crippen molar-refractivity contribution < 1.29 is 0 Å². The highest BCUT2D eigenvalue weighted by atomic mass is 15.5. The quantitative estimate of drug-likeness (QED) is 0.756. The molecule has 2 aromatic heterocycles. The number of nitrogens with one attached hydrogen (secondary N) is 2. The lowest BCUT2D eigenvalue weighted by Crippen LogP contribution is -2.26. The number of imidazole rings is 1. The molecule has 0 amide bonds. The fourth-order valence-electron chi connectivity index (χ4n) is 1.83. The lowest BCUT2D eigenvalue weighted by atomic mass is 10.4. The predicted octanol–water partition coefficient (Wildman–Crippen LogP) is 0.776. The number of nitrogens with zero attached hydrogens (tertiary/aromatic N) is 4. The minimum atomic E-state index is 0.701. The smallest absolute Gasteiger partial charge is 0.182 e. The van der Waals surface area contributed by atoms with Crippen molar-refractivity contribution >= 4 is 17.0 Å². The van der Waals surface area contributed by atoms with Crippen LogP contribution >= 0.6 is 0 Å². The Hall–Kier alpha value is -1.69. The summed E-state index contributed by atoms with van der Waals surface area (Å²) < 4.78 is 0. The monoisotopic (exact) mass is 204 g/mol. The predicted molar refractivity (Wildman–Crippen MR) is 56.1 cm³/mol. The van der Waals surface area contributed by atoms with Gasteiger partial charge in [-0.25, -0.2) is 20.0 Å². The number of H-pyrrole nitrogens is 1. The van der Waals surface area contributed by atoms with E-state index in [4.69, 9.17) is 0 Å². The summed E-state index contributed by atoms with van der Waals surface area (Å²) in [4.78, 5) is 15.4. The lowest BCUT2D eigenvalue weighted by Gasteiger charge is -2.16. The molecule has 1 aliphatic rings. The first-order chi connectivity index (χ1) is 7.43. The Kier molecular flexibility index (Phi) is 1.99. The fourth-order valence-corrected chi connectivity index (χ4v) is 1.83. The topological polar surface area (TPSA) is 69.7 Å². The van der Waals surface area contributed by atoms with Crippen LogP contribution < -0.4 is 5.43 Å². The number of aromatic nitrogens is 4. The molecule has 0 saturated carbocycles. The maximum absolute atomic E-state index is 4.21. The zero-order valence-electron chi connectivity index (χ0n) is 8.27. The van der Waals surface area contributed by atoms with E-state index in [0.29, 0.717) is 5.65 Å². The molecule has 2 aromatic rings. The van der Waals surface area contributed by atoms with Gasteiger partial charge in [0.25, 0.3) is 0 Å². The highest BCUT2D eigenvalue weighted by molar-refractivity contribution is 5.81. The number of hydrazine groups is 1. The van der Waals surface area contributed by atoms with Gasteiger partial charge in [-0.1, -0.05) is 0 Å². The van der Waals surface area contributed by atoms with Gasteiger partial charge in [-0.15, -0.1) is 0 Å². The summed E-state index contributed by atoms with van der Waals surface area (Å²) in [6, 6.07) is 0. The lowest BCUT2D eigenvalue weighted by molar-refractivity contribution is 0.409. The number of aromatic amines is 1. The number of anilines is 1. The zero-order valence-corrected chi connectivity index (χ0v) is 8.27. The molecule has 2 N–H and O–H groups in total.